The minimum atomic E-state index is -4.94. The second-order valence-corrected chi connectivity index (χ2v) is 7.34. The Morgan fingerprint density at radius 2 is 1.03 bits per heavy atom. The molecule has 3 aromatic rings. The Kier molecular flexibility index (Phi) is 14.3. The normalized spacial score (nSPS) is 13.4. The Morgan fingerprint density at radius 1 is 0.758 bits per heavy atom. The van der Waals surface area contributed by atoms with E-state index in [2.05, 4.69) is 51.8 Å². The van der Waals surface area contributed by atoms with Crippen molar-refractivity contribution < 1.29 is 58.1 Å². The average Bonchev–Trinajstić information content (AvgIpc) is 3.44. The molecule has 13 nitrogen and oxygen atoms in total. The molecule has 181 valence electrons. The number of aromatic nitrogens is 6. The Morgan fingerprint density at radius 3 is 1.24 bits per heavy atom. The van der Waals surface area contributed by atoms with Gasteiger partial charge in [0.05, 0.1) is 36.1 Å². The van der Waals surface area contributed by atoms with E-state index < -0.39 is 10.2 Å². The van der Waals surface area contributed by atoms with Crippen LogP contribution >= 0.6 is 0 Å². The number of rotatable bonds is 9. The maximum absolute atomic E-state index is 8.49. The standard InChI is InChI=1S/C17H21N9.ClHO4.ClH.Co/c1-17(8-18-2-14-5-21-11-24-14,9-19-3-15-6-22-12-25-15)10-20-4-16-7-23-13-26-16;2-1(3,4)5;;/h2-7,11-13H,8-10H2,1H3,(H,21,24)(H,22,25)(H,23,26);(H,2,3,4,5);1H;/q;;;+2/p-2. The van der Waals surface area contributed by atoms with Gasteiger partial charge in [-0.2, -0.15) is 0 Å². The molecule has 0 spiro atoms. The number of halogens is 2. The fourth-order valence-electron chi connectivity index (χ4n) is 2.26. The van der Waals surface area contributed by atoms with Gasteiger partial charge in [0.1, 0.15) is 0 Å². The maximum Gasteiger partial charge on any atom is 2.00 e. The largest absolute Gasteiger partial charge is 2.00 e. The van der Waals surface area contributed by atoms with Crippen molar-refractivity contribution in [1.29, 1.82) is 0 Å². The first-order valence-corrected chi connectivity index (χ1v) is 10.0. The van der Waals surface area contributed by atoms with Crippen LogP contribution in [0.4, 0.5) is 0 Å². The Labute approximate surface area is 208 Å². The van der Waals surface area contributed by atoms with E-state index in [1.165, 1.54) is 0 Å². The Bertz CT molecular complexity index is 825. The van der Waals surface area contributed by atoms with Gasteiger partial charge in [0, 0.05) is 62.3 Å². The second kappa shape index (κ2) is 15.4. The zero-order valence-corrected chi connectivity index (χ0v) is 19.8. The number of nitrogens with zero attached hydrogens (tertiary/aromatic N) is 6. The maximum atomic E-state index is 8.49. The van der Waals surface area contributed by atoms with E-state index in [0.29, 0.717) is 19.6 Å². The molecule has 0 aromatic carbocycles. The van der Waals surface area contributed by atoms with E-state index in [0.717, 1.165) is 17.1 Å². The van der Waals surface area contributed by atoms with E-state index >= 15 is 0 Å². The molecule has 0 fully saturated rings. The molecular formula is C17H21Cl2CoN9O4. The molecule has 16 heteroatoms. The quantitative estimate of drug-likeness (QED) is 0.221. The minimum absolute atomic E-state index is 0. The van der Waals surface area contributed by atoms with Crippen LogP contribution < -0.4 is 31.0 Å². The van der Waals surface area contributed by atoms with Crippen molar-refractivity contribution in [3.8, 4) is 0 Å². The van der Waals surface area contributed by atoms with Crippen LogP contribution in [0.25, 0.3) is 0 Å². The molecule has 33 heavy (non-hydrogen) atoms. The van der Waals surface area contributed by atoms with Gasteiger partial charge in [0.2, 0.25) is 0 Å². The van der Waals surface area contributed by atoms with Gasteiger partial charge >= 0.3 is 16.8 Å². The third-order valence-electron chi connectivity index (χ3n) is 3.65. The molecular weight excluding hydrogens is 524 g/mol. The number of nitrogens with one attached hydrogen (secondary N) is 3. The Hall–Kier alpha value is -2.43. The van der Waals surface area contributed by atoms with Crippen molar-refractivity contribution in [2.24, 2.45) is 20.4 Å². The van der Waals surface area contributed by atoms with Crippen LogP contribution in [0.5, 0.6) is 0 Å². The number of imidazole rings is 3. The third kappa shape index (κ3) is 14.4. The van der Waals surface area contributed by atoms with Crippen LogP contribution in [-0.2, 0) is 16.8 Å². The van der Waals surface area contributed by atoms with E-state index in [-0.39, 0.29) is 34.6 Å². The fourth-order valence-corrected chi connectivity index (χ4v) is 2.26. The zero-order chi connectivity index (χ0) is 22.6. The fraction of sp³-hybridized carbons (Fsp3) is 0.294. The van der Waals surface area contributed by atoms with Crippen molar-refractivity contribution in [2.75, 3.05) is 19.6 Å². The summed E-state index contributed by atoms with van der Waals surface area (Å²) in [5, 5.41) is 0. The molecule has 0 aliphatic heterocycles. The zero-order valence-electron chi connectivity index (χ0n) is 17.2. The number of H-pyrrole nitrogens is 3. The molecule has 0 aliphatic rings. The van der Waals surface area contributed by atoms with Crippen molar-refractivity contribution >= 4 is 18.6 Å². The van der Waals surface area contributed by atoms with Gasteiger partial charge in [-0.05, 0) is 0 Å². The molecule has 1 radical (unpaired) electrons. The SMILES string of the molecule is CC(CN=Cc1c[nH]cn1)(CN=Cc1c[nH]cn1)CN=Cc1c[nH]cn1.[Cl-].[Co+2].[O-][Cl+3]([O-])([O-])[O-]. The number of aromatic amines is 3. The first-order valence-electron chi connectivity index (χ1n) is 8.81. The molecule has 0 amide bonds. The van der Waals surface area contributed by atoms with Gasteiger partial charge in [-0.15, -0.1) is 10.2 Å². The molecule has 0 bridgehead atoms. The van der Waals surface area contributed by atoms with Gasteiger partial charge in [0.25, 0.3) is 0 Å². The third-order valence-corrected chi connectivity index (χ3v) is 3.65. The van der Waals surface area contributed by atoms with Gasteiger partial charge in [-0.25, -0.2) is 33.6 Å². The first-order chi connectivity index (χ1) is 14.7. The van der Waals surface area contributed by atoms with Gasteiger partial charge < -0.3 is 27.4 Å². The van der Waals surface area contributed by atoms with Gasteiger partial charge in [-0.1, -0.05) is 6.92 Å². The molecule has 3 rings (SSSR count). The summed E-state index contributed by atoms with van der Waals surface area (Å²) in [4.78, 5) is 34.7. The van der Waals surface area contributed by atoms with Crippen LogP contribution in [0, 0.1) is 15.7 Å². The van der Waals surface area contributed by atoms with E-state index in [9.17, 15) is 0 Å². The summed E-state index contributed by atoms with van der Waals surface area (Å²) in [7, 11) is -4.94. The van der Waals surface area contributed by atoms with Gasteiger partial charge in [0.15, 0.2) is 0 Å². The number of aliphatic imine (C=N–C) groups is 3. The predicted molar refractivity (Wildman–Crippen MR) is 101 cm³/mol. The van der Waals surface area contributed by atoms with Crippen molar-refractivity contribution in [3.05, 3.63) is 54.7 Å². The average molecular weight is 545 g/mol. The molecule has 3 heterocycles. The summed E-state index contributed by atoms with van der Waals surface area (Å²) < 4.78 is 34.0. The number of hydrogen-bond acceptors (Lipinski definition) is 10. The molecule has 3 N–H and O–H groups in total. The van der Waals surface area contributed by atoms with Crippen LogP contribution in [0.1, 0.15) is 24.0 Å². The van der Waals surface area contributed by atoms with E-state index in [1.54, 1.807) is 56.2 Å². The smallest absolute Gasteiger partial charge is 1.00 e. The summed E-state index contributed by atoms with van der Waals surface area (Å²) in [6, 6.07) is 0. The monoisotopic (exact) mass is 544 g/mol. The summed E-state index contributed by atoms with van der Waals surface area (Å²) in [6.45, 7) is 3.85. The van der Waals surface area contributed by atoms with Crippen LogP contribution in [0.2, 0.25) is 0 Å². The molecule has 0 saturated carbocycles. The van der Waals surface area contributed by atoms with Crippen molar-refractivity contribution in [2.45, 2.75) is 6.92 Å². The van der Waals surface area contributed by atoms with Crippen LogP contribution in [0.3, 0.4) is 0 Å². The second-order valence-electron chi connectivity index (χ2n) is 6.58. The van der Waals surface area contributed by atoms with E-state index in [4.69, 9.17) is 18.6 Å². The minimum Gasteiger partial charge on any atom is -1.00 e. The number of hydrogen-bond donors (Lipinski definition) is 3. The van der Waals surface area contributed by atoms with Crippen molar-refractivity contribution in [3.63, 3.8) is 0 Å². The molecule has 0 unspecified atom stereocenters. The molecule has 0 atom stereocenters. The summed E-state index contributed by atoms with van der Waals surface area (Å²) in [5.74, 6) is 0. The predicted octanol–water partition coefficient (Wildman–Crippen LogP) is -6.24. The van der Waals surface area contributed by atoms with Crippen LogP contribution in [0.15, 0.2) is 52.5 Å². The summed E-state index contributed by atoms with van der Waals surface area (Å²) in [5.41, 5.74) is 2.17. The summed E-state index contributed by atoms with van der Waals surface area (Å²) in [6.07, 6.45) is 15.5. The van der Waals surface area contributed by atoms with Gasteiger partial charge in [-0.3, -0.25) is 15.0 Å². The van der Waals surface area contributed by atoms with Crippen molar-refractivity contribution in [1.82, 2.24) is 29.9 Å². The molecule has 0 saturated heterocycles. The summed E-state index contributed by atoms with van der Waals surface area (Å²) >= 11 is 0. The molecule has 3 aromatic heterocycles. The Balaban J connectivity index is 0.00000133. The molecule has 0 aliphatic carbocycles. The first kappa shape index (κ1) is 30.6. The van der Waals surface area contributed by atoms with Crippen LogP contribution in [-0.4, -0.2) is 68.2 Å². The topological polar surface area (TPSA) is 215 Å². The van der Waals surface area contributed by atoms with E-state index in [1.807, 2.05) is 0 Å².